The molecule has 0 aromatic rings. The molecule has 0 saturated heterocycles. The van der Waals surface area contributed by atoms with E-state index in [-0.39, 0.29) is 6.61 Å². The van der Waals surface area contributed by atoms with Gasteiger partial charge in [-0.3, -0.25) is 0 Å². The molecule has 9 heavy (non-hydrogen) atoms. The molecule has 0 aliphatic carbocycles. The second-order valence-electron chi connectivity index (χ2n) is 1.65. The highest BCUT2D eigenvalue weighted by Gasteiger charge is 1.92. The second-order valence-corrected chi connectivity index (χ2v) is 1.65. The number of methoxy groups -OCH3 is 1. The Kier molecular flexibility index (Phi) is 14.0. The zero-order chi connectivity index (χ0) is 7.70. The zero-order valence-electron chi connectivity index (χ0n) is 6.29. The summed E-state index contributed by atoms with van der Waals surface area (Å²) in [5.41, 5.74) is 0. The van der Waals surface area contributed by atoms with Crippen LogP contribution in [0.4, 0.5) is 0 Å². The van der Waals surface area contributed by atoms with E-state index in [1.165, 1.54) is 0 Å². The van der Waals surface area contributed by atoms with E-state index >= 15 is 0 Å². The lowest BCUT2D eigenvalue weighted by Gasteiger charge is -1.97. The summed E-state index contributed by atoms with van der Waals surface area (Å²) in [6.45, 7) is 1.71. The monoisotopic (exact) mass is 136 g/mol. The lowest BCUT2D eigenvalue weighted by Crippen LogP contribution is -2.08. The molecule has 0 aromatic carbocycles. The van der Waals surface area contributed by atoms with E-state index in [2.05, 4.69) is 4.74 Å². The summed E-state index contributed by atoms with van der Waals surface area (Å²) < 4.78 is 4.25. The Morgan fingerprint density at radius 3 is 1.78 bits per heavy atom. The van der Waals surface area contributed by atoms with Gasteiger partial charge in [0.1, 0.15) is 0 Å². The van der Waals surface area contributed by atoms with Crippen molar-refractivity contribution in [3.05, 3.63) is 0 Å². The quantitative estimate of drug-likeness (QED) is 0.562. The fourth-order valence-corrected chi connectivity index (χ4v) is 0.129. The van der Waals surface area contributed by atoms with E-state index in [0.29, 0.717) is 6.42 Å². The van der Waals surface area contributed by atoms with Crippen molar-refractivity contribution < 1.29 is 14.9 Å². The van der Waals surface area contributed by atoms with Crippen LogP contribution in [0.25, 0.3) is 0 Å². The van der Waals surface area contributed by atoms with Gasteiger partial charge in [-0.25, -0.2) is 0 Å². The van der Waals surface area contributed by atoms with E-state index in [9.17, 15) is 0 Å². The van der Waals surface area contributed by atoms with E-state index in [0.717, 1.165) is 0 Å². The lowest BCUT2D eigenvalue weighted by atomic mass is 10.3. The van der Waals surface area contributed by atoms with Gasteiger partial charge in [0.15, 0.2) is 0 Å². The molecule has 3 heteroatoms. The highest BCUT2D eigenvalue weighted by atomic mass is 16.4. The highest BCUT2D eigenvalue weighted by molar-refractivity contribution is 4.43. The molecule has 0 aliphatic rings. The van der Waals surface area contributed by atoms with Crippen molar-refractivity contribution in [1.29, 1.82) is 0 Å². The Bertz CT molecular complexity index is 35.3. The Labute approximate surface area is 56.3 Å². The summed E-state index contributed by atoms with van der Waals surface area (Å²) in [5, 5.41) is 16.5. The first-order valence-corrected chi connectivity index (χ1v) is 2.91. The van der Waals surface area contributed by atoms with Crippen LogP contribution in [0.5, 0.6) is 0 Å². The normalized spacial score (nSPS) is 11.7. The largest absolute Gasteiger partial charge is 0.394 e. The van der Waals surface area contributed by atoms with E-state index in [4.69, 9.17) is 10.2 Å². The van der Waals surface area contributed by atoms with Gasteiger partial charge in [0.05, 0.1) is 12.7 Å². The summed E-state index contributed by atoms with van der Waals surface area (Å²) in [6, 6.07) is 0. The molecule has 1 unspecified atom stereocenters. The van der Waals surface area contributed by atoms with Crippen LogP contribution in [0.1, 0.15) is 13.3 Å². The molecule has 0 bridgehead atoms. The predicted octanol–water partition coefficient (Wildman–Crippen LogP) is 0.0122. The van der Waals surface area contributed by atoms with E-state index in [1.54, 1.807) is 14.2 Å². The van der Waals surface area contributed by atoms with Gasteiger partial charge >= 0.3 is 0 Å². The van der Waals surface area contributed by atoms with E-state index < -0.39 is 6.10 Å². The van der Waals surface area contributed by atoms with Gasteiger partial charge in [-0.05, 0) is 6.42 Å². The molecule has 1 atom stereocenters. The van der Waals surface area contributed by atoms with Crippen LogP contribution in [0.2, 0.25) is 0 Å². The van der Waals surface area contributed by atoms with Crippen LogP contribution in [-0.2, 0) is 4.74 Å². The number of hydrogen-bond acceptors (Lipinski definition) is 3. The number of aliphatic hydroxyl groups is 2. The molecule has 3 nitrogen and oxygen atoms in total. The maximum absolute atomic E-state index is 8.42. The van der Waals surface area contributed by atoms with Crippen molar-refractivity contribution in [1.82, 2.24) is 0 Å². The molecule has 2 N–H and O–H groups in total. The summed E-state index contributed by atoms with van der Waals surface area (Å²) in [7, 11) is 3.25. The molecular formula is C6H16O3. The maximum atomic E-state index is 8.42. The molecule has 0 amide bonds. The summed E-state index contributed by atoms with van der Waals surface area (Å²) in [4.78, 5) is 0. The second kappa shape index (κ2) is 10.8. The van der Waals surface area contributed by atoms with Crippen molar-refractivity contribution in [2.45, 2.75) is 19.4 Å². The molecule has 0 rings (SSSR count). The fraction of sp³-hybridized carbons (Fsp3) is 1.00. The maximum Gasteiger partial charge on any atom is 0.0768 e. The molecule has 0 heterocycles. The third-order valence-corrected chi connectivity index (χ3v) is 0.682. The average molecular weight is 136 g/mol. The topological polar surface area (TPSA) is 49.7 Å². The molecule has 0 aromatic heterocycles. The third-order valence-electron chi connectivity index (χ3n) is 0.682. The van der Waals surface area contributed by atoms with Gasteiger partial charge in [-0.2, -0.15) is 0 Å². The number of hydrogen-bond donors (Lipinski definition) is 2. The van der Waals surface area contributed by atoms with Crippen LogP contribution >= 0.6 is 0 Å². The summed E-state index contributed by atoms with van der Waals surface area (Å²) in [6.07, 6.45) is 0.126. The van der Waals surface area contributed by atoms with E-state index in [1.807, 2.05) is 6.92 Å². The van der Waals surface area contributed by atoms with Crippen molar-refractivity contribution in [3.63, 3.8) is 0 Å². The van der Waals surface area contributed by atoms with Gasteiger partial charge in [-0.15, -0.1) is 0 Å². The minimum absolute atomic E-state index is 0.115. The molecule has 58 valence electrons. The number of aliphatic hydroxyl groups excluding tert-OH is 2. The molecule has 0 aliphatic heterocycles. The average Bonchev–Trinajstić information content (AvgIpc) is 1.88. The summed E-state index contributed by atoms with van der Waals surface area (Å²) in [5.74, 6) is 0. The fourth-order valence-electron chi connectivity index (χ4n) is 0.129. The first kappa shape index (κ1) is 11.6. The van der Waals surface area contributed by atoms with Gasteiger partial charge < -0.3 is 14.9 Å². The smallest absolute Gasteiger partial charge is 0.0768 e. The third kappa shape index (κ3) is 18.1. The predicted molar refractivity (Wildman–Crippen MR) is 36.3 cm³/mol. The number of rotatable bonds is 2. The Balaban J connectivity index is 0. The van der Waals surface area contributed by atoms with Gasteiger partial charge in [0.25, 0.3) is 0 Å². The Morgan fingerprint density at radius 2 is 1.78 bits per heavy atom. The minimum atomic E-state index is -0.509. The van der Waals surface area contributed by atoms with Gasteiger partial charge in [-0.1, -0.05) is 6.92 Å². The molecule has 0 spiro atoms. The standard InChI is InChI=1S/C4H10O2.C2H6O/c1-2-4(6)3-5;1-3-2/h4-6H,2-3H2,1H3;1-2H3. The molecule has 0 saturated carbocycles. The van der Waals surface area contributed by atoms with Crippen LogP contribution in [0, 0.1) is 0 Å². The van der Waals surface area contributed by atoms with Gasteiger partial charge in [0, 0.05) is 14.2 Å². The Hall–Kier alpha value is -0.120. The van der Waals surface area contributed by atoms with Crippen LogP contribution in [0.3, 0.4) is 0 Å². The Morgan fingerprint density at radius 1 is 1.44 bits per heavy atom. The minimum Gasteiger partial charge on any atom is -0.394 e. The van der Waals surface area contributed by atoms with Crippen LogP contribution in [-0.4, -0.2) is 37.1 Å². The molecule has 0 fully saturated rings. The van der Waals surface area contributed by atoms with Crippen LogP contribution < -0.4 is 0 Å². The van der Waals surface area contributed by atoms with Crippen molar-refractivity contribution in [2.24, 2.45) is 0 Å². The van der Waals surface area contributed by atoms with Crippen LogP contribution in [0.15, 0.2) is 0 Å². The zero-order valence-corrected chi connectivity index (χ0v) is 6.29. The van der Waals surface area contributed by atoms with Gasteiger partial charge in [0.2, 0.25) is 0 Å². The first-order valence-electron chi connectivity index (χ1n) is 2.91. The number of ether oxygens (including phenoxy) is 1. The lowest BCUT2D eigenvalue weighted by molar-refractivity contribution is 0.0923. The van der Waals surface area contributed by atoms with Crippen molar-refractivity contribution in [2.75, 3.05) is 20.8 Å². The van der Waals surface area contributed by atoms with Crippen molar-refractivity contribution >= 4 is 0 Å². The molecule has 0 radical (unpaired) electrons. The highest BCUT2D eigenvalue weighted by Crippen LogP contribution is 1.83. The first-order chi connectivity index (χ1) is 4.22. The summed E-state index contributed by atoms with van der Waals surface area (Å²) >= 11 is 0. The van der Waals surface area contributed by atoms with Crippen molar-refractivity contribution in [3.8, 4) is 0 Å². The SMILES string of the molecule is CCC(O)CO.COC. The molecular weight excluding hydrogens is 120 g/mol.